The number of fused-ring (bicyclic) bond motifs is 1. The summed E-state index contributed by atoms with van der Waals surface area (Å²) in [6.45, 7) is 8.36. The lowest BCUT2D eigenvalue weighted by Gasteiger charge is -2.10. The largest absolute Gasteiger partial charge is 0.494 e. The maximum Gasteiger partial charge on any atom is 0.270 e. The molecule has 8 heteroatoms. The number of carbonyl (C=O) groups is 2. The van der Waals surface area contributed by atoms with Gasteiger partial charge < -0.3 is 9.26 Å². The van der Waals surface area contributed by atoms with Gasteiger partial charge in [0.2, 0.25) is 0 Å². The second-order valence-corrected chi connectivity index (χ2v) is 7.22. The van der Waals surface area contributed by atoms with E-state index in [0.29, 0.717) is 46.2 Å². The van der Waals surface area contributed by atoms with Crippen LogP contribution >= 0.6 is 0 Å². The van der Waals surface area contributed by atoms with Gasteiger partial charge in [-0.15, -0.1) is 0 Å². The Bertz CT molecular complexity index is 1030. The SMILES string of the molecule is Cc1cc(C(=O)NNC(=O)c2ccc(OCCC(C)C)cc2)c2c(C)noc2n1. The summed E-state index contributed by atoms with van der Waals surface area (Å²) in [5, 5.41) is 4.36. The average Bonchev–Trinajstić information content (AvgIpc) is 3.06. The van der Waals surface area contributed by atoms with Crippen LogP contribution in [0.2, 0.25) is 0 Å². The molecular formula is C21H24N4O4. The predicted octanol–water partition coefficient (Wildman–Crippen LogP) is 3.34. The first-order valence-corrected chi connectivity index (χ1v) is 9.42. The van der Waals surface area contributed by atoms with Gasteiger partial charge in [-0.3, -0.25) is 20.4 Å². The number of nitrogens with zero attached hydrogens (tertiary/aromatic N) is 2. The van der Waals surface area contributed by atoms with Crippen LogP contribution in [0.4, 0.5) is 0 Å². The van der Waals surface area contributed by atoms with E-state index in [1.54, 1.807) is 44.2 Å². The van der Waals surface area contributed by atoms with Crippen molar-refractivity contribution in [3.05, 3.63) is 52.8 Å². The third-order valence-corrected chi connectivity index (χ3v) is 4.36. The van der Waals surface area contributed by atoms with E-state index in [2.05, 4.69) is 34.8 Å². The van der Waals surface area contributed by atoms with Crippen LogP contribution < -0.4 is 15.6 Å². The van der Waals surface area contributed by atoms with E-state index in [1.807, 2.05) is 0 Å². The molecule has 152 valence electrons. The summed E-state index contributed by atoms with van der Waals surface area (Å²) >= 11 is 0. The van der Waals surface area contributed by atoms with Crippen molar-refractivity contribution < 1.29 is 18.8 Å². The Morgan fingerprint density at radius 2 is 1.79 bits per heavy atom. The second-order valence-electron chi connectivity index (χ2n) is 7.22. The van der Waals surface area contributed by atoms with Crippen LogP contribution in [0.3, 0.4) is 0 Å². The van der Waals surface area contributed by atoms with Gasteiger partial charge in [0.1, 0.15) is 5.75 Å². The number of ether oxygens (including phenoxy) is 1. The molecule has 2 N–H and O–H groups in total. The Hall–Kier alpha value is -3.42. The molecule has 29 heavy (non-hydrogen) atoms. The third kappa shape index (κ3) is 4.90. The first-order valence-electron chi connectivity index (χ1n) is 9.42. The highest BCUT2D eigenvalue weighted by Crippen LogP contribution is 2.21. The molecule has 0 spiro atoms. The number of aryl methyl sites for hydroxylation is 2. The number of hydrogen-bond donors (Lipinski definition) is 2. The monoisotopic (exact) mass is 396 g/mol. The number of nitrogens with one attached hydrogen (secondary N) is 2. The fourth-order valence-corrected chi connectivity index (χ4v) is 2.76. The molecule has 3 aromatic rings. The predicted molar refractivity (Wildman–Crippen MR) is 108 cm³/mol. The molecule has 3 rings (SSSR count). The fraction of sp³-hybridized carbons (Fsp3) is 0.333. The average molecular weight is 396 g/mol. The molecule has 0 fully saturated rings. The Balaban J connectivity index is 1.62. The standard InChI is InChI=1S/C21H24N4O4/c1-12(2)9-10-28-16-7-5-15(6-8-16)19(26)23-24-20(27)17-11-13(3)22-21-18(17)14(4)25-29-21/h5-8,11-12H,9-10H2,1-4H3,(H,23,26)(H,24,27). The van der Waals surface area contributed by atoms with Gasteiger partial charge in [0.05, 0.1) is 23.3 Å². The molecule has 0 aliphatic heterocycles. The molecule has 2 heterocycles. The van der Waals surface area contributed by atoms with Gasteiger partial charge >= 0.3 is 0 Å². The fourth-order valence-electron chi connectivity index (χ4n) is 2.76. The number of aromatic nitrogens is 2. The lowest BCUT2D eigenvalue weighted by atomic mass is 10.1. The Kier molecular flexibility index (Phi) is 6.11. The van der Waals surface area contributed by atoms with Crippen LogP contribution in [0.15, 0.2) is 34.9 Å². The van der Waals surface area contributed by atoms with E-state index < -0.39 is 11.8 Å². The lowest BCUT2D eigenvalue weighted by Crippen LogP contribution is -2.41. The summed E-state index contributed by atoms with van der Waals surface area (Å²) in [4.78, 5) is 29.1. The first kappa shape index (κ1) is 20.3. The molecule has 0 radical (unpaired) electrons. The van der Waals surface area contributed by atoms with Crippen molar-refractivity contribution in [2.45, 2.75) is 34.1 Å². The van der Waals surface area contributed by atoms with E-state index in [1.165, 1.54) is 0 Å². The van der Waals surface area contributed by atoms with Crippen molar-refractivity contribution in [1.29, 1.82) is 0 Å². The highest BCUT2D eigenvalue weighted by Gasteiger charge is 2.18. The van der Waals surface area contributed by atoms with Crippen LogP contribution in [0.5, 0.6) is 5.75 Å². The van der Waals surface area contributed by atoms with Crippen molar-refractivity contribution in [2.24, 2.45) is 5.92 Å². The van der Waals surface area contributed by atoms with Gasteiger partial charge in [-0.2, -0.15) is 0 Å². The molecule has 0 saturated carbocycles. The summed E-state index contributed by atoms with van der Waals surface area (Å²) in [5.41, 5.74) is 7.03. The van der Waals surface area contributed by atoms with E-state index in [4.69, 9.17) is 9.26 Å². The Morgan fingerprint density at radius 1 is 1.10 bits per heavy atom. The number of hydrogen-bond acceptors (Lipinski definition) is 6. The molecule has 1 aromatic carbocycles. The minimum absolute atomic E-state index is 0.284. The molecule has 8 nitrogen and oxygen atoms in total. The van der Waals surface area contributed by atoms with Crippen LogP contribution in [0.1, 0.15) is 52.4 Å². The zero-order valence-corrected chi connectivity index (χ0v) is 16.9. The smallest absolute Gasteiger partial charge is 0.270 e. The van der Waals surface area contributed by atoms with Crippen LogP contribution in [0, 0.1) is 19.8 Å². The maximum absolute atomic E-state index is 12.6. The normalized spacial score (nSPS) is 10.9. The van der Waals surface area contributed by atoms with E-state index in [0.717, 1.165) is 6.42 Å². The van der Waals surface area contributed by atoms with Crippen molar-refractivity contribution in [3.63, 3.8) is 0 Å². The summed E-state index contributed by atoms with van der Waals surface area (Å²) in [6.07, 6.45) is 0.960. The number of carbonyl (C=O) groups excluding carboxylic acids is 2. The quantitative estimate of drug-likeness (QED) is 0.619. The van der Waals surface area contributed by atoms with Gasteiger partial charge in [-0.1, -0.05) is 19.0 Å². The van der Waals surface area contributed by atoms with E-state index in [9.17, 15) is 9.59 Å². The van der Waals surface area contributed by atoms with Crippen LogP contribution in [0.25, 0.3) is 11.1 Å². The second kappa shape index (κ2) is 8.72. The highest BCUT2D eigenvalue weighted by atomic mass is 16.5. The number of hydrazine groups is 1. The van der Waals surface area contributed by atoms with Crippen LogP contribution in [-0.2, 0) is 0 Å². The molecule has 0 aliphatic rings. The molecule has 0 aliphatic carbocycles. The third-order valence-electron chi connectivity index (χ3n) is 4.36. The minimum Gasteiger partial charge on any atom is -0.494 e. The maximum atomic E-state index is 12.6. The molecule has 0 saturated heterocycles. The molecule has 0 unspecified atom stereocenters. The van der Waals surface area contributed by atoms with Crippen molar-refractivity contribution in [2.75, 3.05) is 6.61 Å². The zero-order valence-electron chi connectivity index (χ0n) is 16.9. The number of pyridine rings is 1. The summed E-state index contributed by atoms with van der Waals surface area (Å²) < 4.78 is 10.8. The van der Waals surface area contributed by atoms with Gasteiger partial charge in [0.25, 0.3) is 17.5 Å². The molecular weight excluding hydrogens is 372 g/mol. The Labute approximate surface area is 168 Å². The minimum atomic E-state index is -0.478. The van der Waals surface area contributed by atoms with Gasteiger partial charge in [-0.05, 0) is 56.5 Å². The Morgan fingerprint density at radius 3 is 2.48 bits per heavy atom. The van der Waals surface area contributed by atoms with Gasteiger partial charge in [-0.25, -0.2) is 4.98 Å². The zero-order chi connectivity index (χ0) is 21.0. The molecule has 2 amide bonds. The molecule has 0 bridgehead atoms. The lowest BCUT2D eigenvalue weighted by molar-refractivity contribution is 0.0847. The van der Waals surface area contributed by atoms with Gasteiger partial charge in [0.15, 0.2) is 0 Å². The van der Waals surface area contributed by atoms with Gasteiger partial charge in [0, 0.05) is 11.3 Å². The highest BCUT2D eigenvalue weighted by molar-refractivity contribution is 6.07. The first-order chi connectivity index (χ1) is 13.8. The van der Waals surface area contributed by atoms with Crippen molar-refractivity contribution in [3.8, 4) is 5.75 Å². The van der Waals surface area contributed by atoms with Crippen LogP contribution in [-0.4, -0.2) is 28.6 Å². The van der Waals surface area contributed by atoms with E-state index in [-0.39, 0.29) is 5.71 Å². The van der Waals surface area contributed by atoms with Crippen molar-refractivity contribution in [1.82, 2.24) is 21.0 Å². The van der Waals surface area contributed by atoms with Crippen molar-refractivity contribution >= 4 is 22.9 Å². The summed E-state index contributed by atoms with van der Waals surface area (Å²) in [5.74, 6) is 0.351. The number of benzene rings is 1. The molecule has 2 aromatic heterocycles. The molecule has 0 atom stereocenters. The topological polar surface area (TPSA) is 106 Å². The number of rotatable bonds is 6. The number of amides is 2. The summed E-state index contributed by atoms with van der Waals surface area (Å²) in [7, 11) is 0. The van der Waals surface area contributed by atoms with E-state index >= 15 is 0 Å². The summed E-state index contributed by atoms with van der Waals surface area (Å²) in [6, 6.07) is 8.37.